The maximum Gasteiger partial charge on any atom is 0.256 e. The molecule has 6 nitrogen and oxygen atoms in total. The summed E-state index contributed by atoms with van der Waals surface area (Å²) < 4.78 is 14.7. The third-order valence-corrected chi connectivity index (χ3v) is 7.32. The molecule has 36 heavy (non-hydrogen) atoms. The van der Waals surface area contributed by atoms with Crippen molar-refractivity contribution in [2.75, 3.05) is 32.5 Å². The second kappa shape index (κ2) is 9.74. The van der Waals surface area contributed by atoms with Crippen molar-refractivity contribution in [3.8, 4) is 11.1 Å². The minimum atomic E-state index is -0.344. The van der Waals surface area contributed by atoms with Crippen molar-refractivity contribution in [1.29, 1.82) is 0 Å². The fourth-order valence-corrected chi connectivity index (χ4v) is 5.25. The molecular weight excluding hydrogens is 455 g/mol. The van der Waals surface area contributed by atoms with Gasteiger partial charge >= 0.3 is 0 Å². The number of benzene rings is 2. The van der Waals surface area contributed by atoms with Crippen LogP contribution in [0.4, 0.5) is 10.1 Å². The third kappa shape index (κ3) is 4.58. The van der Waals surface area contributed by atoms with Crippen LogP contribution in [0.15, 0.2) is 48.5 Å². The molecule has 1 aromatic heterocycles. The molecule has 1 fully saturated rings. The number of carbonyl (C=O) groups is 2. The molecule has 7 heteroatoms. The highest BCUT2D eigenvalue weighted by molar-refractivity contribution is 6.36. The summed E-state index contributed by atoms with van der Waals surface area (Å²) in [5, 5.41) is 2.91. The van der Waals surface area contributed by atoms with Crippen molar-refractivity contribution in [3.63, 3.8) is 0 Å². The van der Waals surface area contributed by atoms with E-state index in [9.17, 15) is 14.0 Å². The van der Waals surface area contributed by atoms with Crippen LogP contribution in [0.5, 0.6) is 0 Å². The van der Waals surface area contributed by atoms with E-state index in [1.807, 2.05) is 43.1 Å². The second-order valence-electron chi connectivity index (χ2n) is 9.83. The number of nitrogens with zero attached hydrogens (tertiary/aromatic N) is 2. The average Bonchev–Trinajstić information content (AvgIpc) is 3.37. The highest BCUT2D eigenvalue weighted by atomic mass is 19.1. The molecule has 0 aliphatic carbocycles. The van der Waals surface area contributed by atoms with Crippen molar-refractivity contribution in [2.45, 2.75) is 32.2 Å². The van der Waals surface area contributed by atoms with Gasteiger partial charge in [-0.3, -0.25) is 9.59 Å². The molecule has 3 heterocycles. The quantitative estimate of drug-likeness (QED) is 0.513. The maximum atomic E-state index is 14.7. The molecule has 0 atom stereocenters. The number of fused-ring (bicyclic) bond motifs is 1. The maximum absolute atomic E-state index is 14.7. The molecule has 0 saturated carbocycles. The topological polar surface area (TPSA) is 68.4 Å². The molecule has 2 aliphatic heterocycles. The van der Waals surface area contributed by atoms with Gasteiger partial charge in [-0.1, -0.05) is 30.3 Å². The van der Waals surface area contributed by atoms with Crippen molar-refractivity contribution in [1.82, 2.24) is 14.8 Å². The molecule has 5 rings (SSSR count). The fraction of sp³-hybridized carbons (Fsp3) is 0.310. The zero-order chi connectivity index (χ0) is 25.4. The molecule has 2 aromatic carbocycles. The number of carbonyl (C=O) groups excluding carboxylic acids is 2. The summed E-state index contributed by atoms with van der Waals surface area (Å²) in [5.41, 5.74) is 5.33. The number of likely N-dealkylation sites (tertiary alicyclic amines) is 1. The lowest BCUT2D eigenvalue weighted by Gasteiger charge is -2.35. The van der Waals surface area contributed by atoms with Crippen molar-refractivity contribution < 1.29 is 14.0 Å². The molecule has 1 saturated heterocycles. The van der Waals surface area contributed by atoms with E-state index in [1.54, 1.807) is 24.3 Å². The number of halogens is 1. The minimum absolute atomic E-state index is 0.0616. The smallest absolute Gasteiger partial charge is 0.256 e. The van der Waals surface area contributed by atoms with E-state index in [4.69, 9.17) is 0 Å². The number of aryl methyl sites for hydroxylation is 1. The van der Waals surface area contributed by atoms with Crippen LogP contribution in [0.3, 0.4) is 0 Å². The number of aromatic amines is 1. The number of amides is 2. The Morgan fingerprint density at radius 3 is 2.61 bits per heavy atom. The lowest BCUT2D eigenvalue weighted by atomic mass is 9.93. The van der Waals surface area contributed by atoms with Gasteiger partial charge in [0.2, 0.25) is 5.91 Å². The van der Waals surface area contributed by atoms with Gasteiger partial charge in [0.25, 0.3) is 5.91 Å². The number of nitrogens with one attached hydrogen (secondary N) is 2. The average molecular weight is 487 g/mol. The van der Waals surface area contributed by atoms with Crippen LogP contribution in [0.2, 0.25) is 0 Å². The fourth-order valence-electron chi connectivity index (χ4n) is 5.25. The number of piperidine rings is 1. The Kier molecular flexibility index (Phi) is 6.49. The number of hydrogen-bond acceptors (Lipinski definition) is 3. The van der Waals surface area contributed by atoms with Crippen molar-refractivity contribution >= 4 is 29.2 Å². The van der Waals surface area contributed by atoms with Crippen LogP contribution >= 0.6 is 0 Å². The number of aromatic nitrogens is 1. The Bertz CT molecular complexity index is 1350. The standard InChI is InChI=1S/C29H31FN4O2/c1-18-15-19(16-27(35)34(3)20-11-13-33(2)14-12-20)26(31-18)17-23-28-22(21-7-4-5-9-24(21)30)8-6-10-25(28)32-29(23)36/h4-10,15,17,20,31H,11-14,16H2,1-3H3,(H,32,36)/b23-17-. The molecule has 186 valence electrons. The SMILES string of the molecule is Cc1cc(CC(=O)N(C)C2CCN(C)CC2)c(/C=C2\C(=O)Nc3cccc(-c4ccccc4F)c32)[nH]1. The summed E-state index contributed by atoms with van der Waals surface area (Å²) >= 11 is 0. The number of likely N-dealkylation sites (N-methyl/N-ethyl adjacent to an activating group) is 1. The Labute approximate surface area is 210 Å². The number of anilines is 1. The van der Waals surface area contributed by atoms with Gasteiger partial charge in [0.1, 0.15) is 5.82 Å². The lowest BCUT2D eigenvalue weighted by Crippen LogP contribution is -2.45. The first-order valence-electron chi connectivity index (χ1n) is 12.4. The van der Waals surface area contributed by atoms with E-state index in [-0.39, 0.29) is 30.1 Å². The first kappa shape index (κ1) is 24.0. The summed E-state index contributed by atoms with van der Waals surface area (Å²) in [6.45, 7) is 3.91. The van der Waals surface area contributed by atoms with Gasteiger partial charge in [-0.05, 0) is 75.3 Å². The lowest BCUT2D eigenvalue weighted by molar-refractivity contribution is -0.132. The molecule has 0 spiro atoms. The zero-order valence-corrected chi connectivity index (χ0v) is 20.9. The van der Waals surface area contributed by atoms with Gasteiger partial charge in [0.05, 0.1) is 12.0 Å². The Morgan fingerprint density at radius 1 is 1.14 bits per heavy atom. The monoisotopic (exact) mass is 486 g/mol. The minimum Gasteiger partial charge on any atom is -0.359 e. The number of H-pyrrole nitrogens is 1. The predicted octanol–water partition coefficient (Wildman–Crippen LogP) is 4.72. The summed E-state index contributed by atoms with van der Waals surface area (Å²) in [7, 11) is 3.99. The van der Waals surface area contributed by atoms with Gasteiger partial charge < -0.3 is 20.1 Å². The first-order chi connectivity index (χ1) is 17.3. The van der Waals surface area contributed by atoms with Crippen LogP contribution in [-0.2, 0) is 16.0 Å². The number of hydrogen-bond donors (Lipinski definition) is 2. The van der Waals surface area contributed by atoms with Crippen molar-refractivity contribution in [2.24, 2.45) is 0 Å². The Morgan fingerprint density at radius 2 is 1.86 bits per heavy atom. The van der Waals surface area contributed by atoms with E-state index in [0.29, 0.717) is 28.0 Å². The summed E-state index contributed by atoms with van der Waals surface area (Å²) in [6.07, 6.45) is 3.97. The molecule has 0 radical (unpaired) electrons. The normalized spacial score (nSPS) is 17.3. The van der Waals surface area contributed by atoms with E-state index in [1.165, 1.54) is 6.07 Å². The first-order valence-corrected chi connectivity index (χ1v) is 12.4. The highest BCUT2D eigenvalue weighted by Crippen LogP contribution is 2.41. The molecule has 2 N–H and O–H groups in total. The highest BCUT2D eigenvalue weighted by Gasteiger charge is 2.29. The van der Waals surface area contributed by atoms with Gasteiger partial charge in [0, 0.05) is 41.3 Å². The molecule has 0 unspecified atom stereocenters. The molecule has 0 bridgehead atoms. The van der Waals surface area contributed by atoms with Crippen molar-refractivity contribution in [3.05, 3.63) is 76.9 Å². The van der Waals surface area contributed by atoms with Crippen LogP contribution in [-0.4, -0.2) is 59.8 Å². The third-order valence-electron chi connectivity index (χ3n) is 7.32. The number of rotatable bonds is 5. The van der Waals surface area contributed by atoms with E-state index in [2.05, 4.69) is 22.2 Å². The Balaban J connectivity index is 1.47. The van der Waals surface area contributed by atoms with Crippen LogP contribution < -0.4 is 5.32 Å². The van der Waals surface area contributed by atoms with E-state index >= 15 is 0 Å². The summed E-state index contributed by atoms with van der Waals surface area (Å²) in [6, 6.07) is 14.2. The summed E-state index contributed by atoms with van der Waals surface area (Å²) in [4.78, 5) is 33.7. The summed E-state index contributed by atoms with van der Waals surface area (Å²) in [5.74, 6) is -0.531. The molecule has 2 amide bonds. The predicted molar refractivity (Wildman–Crippen MR) is 141 cm³/mol. The molecule has 3 aromatic rings. The van der Waals surface area contributed by atoms with Crippen LogP contribution in [0, 0.1) is 12.7 Å². The Hall–Kier alpha value is -3.71. The van der Waals surface area contributed by atoms with Gasteiger partial charge in [-0.2, -0.15) is 0 Å². The van der Waals surface area contributed by atoms with E-state index < -0.39 is 0 Å². The zero-order valence-electron chi connectivity index (χ0n) is 20.9. The van der Waals surface area contributed by atoms with Gasteiger partial charge in [-0.15, -0.1) is 0 Å². The second-order valence-corrected chi connectivity index (χ2v) is 9.83. The van der Waals surface area contributed by atoms with Gasteiger partial charge in [0.15, 0.2) is 0 Å². The van der Waals surface area contributed by atoms with Gasteiger partial charge in [-0.25, -0.2) is 4.39 Å². The molecule has 2 aliphatic rings. The largest absolute Gasteiger partial charge is 0.359 e. The van der Waals surface area contributed by atoms with Crippen LogP contribution in [0.1, 0.15) is 35.4 Å². The van der Waals surface area contributed by atoms with E-state index in [0.717, 1.165) is 42.9 Å². The van der Waals surface area contributed by atoms with Crippen LogP contribution in [0.25, 0.3) is 22.8 Å². The molecular formula is C29H31FN4O2.